The molecule has 0 saturated heterocycles. The number of rotatable bonds is 6. The van der Waals surface area contributed by atoms with Gasteiger partial charge in [0, 0.05) is 0 Å². The van der Waals surface area contributed by atoms with E-state index in [4.69, 9.17) is 0 Å². The summed E-state index contributed by atoms with van der Waals surface area (Å²) < 4.78 is 43.2. The van der Waals surface area contributed by atoms with Crippen molar-refractivity contribution in [2.45, 2.75) is 17.9 Å². The molecule has 23 heavy (non-hydrogen) atoms. The lowest BCUT2D eigenvalue weighted by Gasteiger charge is -2.13. The number of carbonyl (C=O) groups is 3. The lowest BCUT2D eigenvalue weighted by molar-refractivity contribution is -0.149. The Bertz CT molecular complexity index is 704. The molecule has 1 atom stereocenters. The van der Waals surface area contributed by atoms with Crippen molar-refractivity contribution >= 4 is 27.9 Å². The van der Waals surface area contributed by atoms with E-state index in [0.29, 0.717) is 0 Å². The van der Waals surface area contributed by atoms with Crippen LogP contribution in [0.25, 0.3) is 0 Å². The minimum Gasteiger partial charge on any atom is -0.454 e. The van der Waals surface area contributed by atoms with Gasteiger partial charge >= 0.3 is 12.0 Å². The largest absolute Gasteiger partial charge is 0.454 e. The summed E-state index contributed by atoms with van der Waals surface area (Å²) in [4.78, 5) is 32.8. The molecule has 11 heteroatoms. The van der Waals surface area contributed by atoms with Crippen molar-refractivity contribution in [2.24, 2.45) is 5.73 Å². The third-order valence-electron chi connectivity index (χ3n) is 2.42. The number of sulfonamides is 1. The van der Waals surface area contributed by atoms with Gasteiger partial charge in [0.2, 0.25) is 10.0 Å². The maximum Gasteiger partial charge on any atom is 0.324 e. The third-order valence-corrected chi connectivity index (χ3v) is 3.97. The highest BCUT2D eigenvalue weighted by Crippen LogP contribution is 2.10. The summed E-state index contributed by atoms with van der Waals surface area (Å²) in [6.45, 7) is 0.389. The quantitative estimate of drug-likeness (QED) is 0.576. The molecular formula is C12H14FN3O6S. The molecule has 3 amide bonds. The van der Waals surface area contributed by atoms with Crippen LogP contribution in [0.4, 0.5) is 9.18 Å². The lowest BCUT2D eigenvalue weighted by atomic mass is 10.4. The van der Waals surface area contributed by atoms with Gasteiger partial charge < -0.3 is 10.5 Å². The van der Waals surface area contributed by atoms with E-state index in [0.717, 1.165) is 24.3 Å². The maximum atomic E-state index is 12.8. The van der Waals surface area contributed by atoms with E-state index in [9.17, 15) is 27.2 Å². The first-order chi connectivity index (χ1) is 10.6. The molecule has 4 N–H and O–H groups in total. The van der Waals surface area contributed by atoms with Gasteiger partial charge in [-0.2, -0.15) is 4.72 Å². The van der Waals surface area contributed by atoms with Crippen LogP contribution in [0.15, 0.2) is 29.2 Å². The van der Waals surface area contributed by atoms with E-state index in [1.165, 1.54) is 6.92 Å². The molecule has 0 heterocycles. The second-order valence-electron chi connectivity index (χ2n) is 4.32. The SMILES string of the molecule is C[C@H](NS(=O)(=O)c1ccc(F)cc1)C(=O)OCC(=O)NC(N)=O. The van der Waals surface area contributed by atoms with Crippen molar-refractivity contribution in [2.75, 3.05) is 6.61 Å². The molecule has 0 spiro atoms. The zero-order valence-electron chi connectivity index (χ0n) is 11.9. The maximum absolute atomic E-state index is 12.8. The molecule has 0 bridgehead atoms. The van der Waals surface area contributed by atoms with Crippen LogP contribution in [0.2, 0.25) is 0 Å². The van der Waals surface area contributed by atoms with Crippen LogP contribution in [-0.2, 0) is 24.3 Å². The molecule has 0 aromatic heterocycles. The number of amides is 3. The van der Waals surface area contributed by atoms with Crippen molar-refractivity contribution in [3.63, 3.8) is 0 Å². The van der Waals surface area contributed by atoms with Crippen LogP contribution in [0.1, 0.15) is 6.92 Å². The number of carbonyl (C=O) groups excluding carboxylic acids is 3. The highest BCUT2D eigenvalue weighted by atomic mass is 32.2. The topological polar surface area (TPSA) is 145 Å². The van der Waals surface area contributed by atoms with Crippen LogP contribution in [0, 0.1) is 5.82 Å². The normalized spacial score (nSPS) is 12.3. The van der Waals surface area contributed by atoms with Crippen LogP contribution in [-0.4, -0.2) is 39.0 Å². The number of nitrogens with one attached hydrogen (secondary N) is 2. The number of hydrogen-bond donors (Lipinski definition) is 3. The number of urea groups is 1. The van der Waals surface area contributed by atoms with E-state index < -0.39 is 46.4 Å². The molecule has 0 aliphatic rings. The predicted octanol–water partition coefficient (Wildman–Crippen LogP) is -0.769. The second kappa shape index (κ2) is 7.65. The molecule has 0 unspecified atom stereocenters. The zero-order chi connectivity index (χ0) is 17.6. The number of primary amides is 1. The first-order valence-electron chi connectivity index (χ1n) is 6.15. The van der Waals surface area contributed by atoms with Crippen LogP contribution in [0.5, 0.6) is 0 Å². The number of imide groups is 1. The Labute approximate surface area is 131 Å². The van der Waals surface area contributed by atoms with E-state index in [2.05, 4.69) is 10.5 Å². The molecular weight excluding hydrogens is 333 g/mol. The van der Waals surface area contributed by atoms with Crippen molar-refractivity contribution in [3.05, 3.63) is 30.1 Å². The minimum absolute atomic E-state index is 0.245. The van der Waals surface area contributed by atoms with E-state index >= 15 is 0 Å². The predicted molar refractivity (Wildman–Crippen MR) is 74.9 cm³/mol. The van der Waals surface area contributed by atoms with Gasteiger partial charge in [-0.15, -0.1) is 0 Å². The summed E-state index contributed by atoms with van der Waals surface area (Å²) in [7, 11) is -4.07. The molecule has 0 aliphatic heterocycles. The average Bonchev–Trinajstić information content (AvgIpc) is 2.44. The number of esters is 1. The minimum atomic E-state index is -4.07. The number of ether oxygens (including phenoxy) is 1. The molecule has 1 aromatic carbocycles. The molecule has 0 radical (unpaired) electrons. The summed E-state index contributed by atoms with van der Waals surface area (Å²) in [5.41, 5.74) is 4.69. The van der Waals surface area contributed by atoms with Crippen LogP contribution >= 0.6 is 0 Å². The molecule has 0 aliphatic carbocycles. The van der Waals surface area contributed by atoms with Crippen LogP contribution < -0.4 is 15.8 Å². The fraction of sp³-hybridized carbons (Fsp3) is 0.250. The summed E-state index contributed by atoms with van der Waals surface area (Å²) in [5.74, 6) is -2.62. The average molecular weight is 347 g/mol. The molecule has 1 aromatic rings. The fourth-order valence-electron chi connectivity index (χ4n) is 1.40. The zero-order valence-corrected chi connectivity index (χ0v) is 12.7. The summed E-state index contributed by atoms with van der Waals surface area (Å²) >= 11 is 0. The fourth-order valence-corrected chi connectivity index (χ4v) is 2.59. The van der Waals surface area contributed by atoms with E-state index in [1.807, 2.05) is 4.72 Å². The highest BCUT2D eigenvalue weighted by Gasteiger charge is 2.23. The Morgan fingerprint density at radius 1 is 1.26 bits per heavy atom. The summed E-state index contributed by atoms with van der Waals surface area (Å²) in [6.07, 6.45) is 0. The van der Waals surface area contributed by atoms with Gasteiger partial charge in [0.15, 0.2) is 6.61 Å². The van der Waals surface area contributed by atoms with Crippen molar-refractivity contribution in [1.82, 2.24) is 10.0 Å². The number of halogens is 1. The Kier molecular flexibility index (Phi) is 6.16. The Morgan fingerprint density at radius 3 is 2.35 bits per heavy atom. The Hall–Kier alpha value is -2.53. The molecule has 0 saturated carbocycles. The van der Waals surface area contributed by atoms with E-state index in [1.54, 1.807) is 5.32 Å². The van der Waals surface area contributed by atoms with Gasteiger partial charge in [0.25, 0.3) is 5.91 Å². The van der Waals surface area contributed by atoms with E-state index in [-0.39, 0.29) is 4.90 Å². The van der Waals surface area contributed by atoms with Gasteiger partial charge in [0.1, 0.15) is 11.9 Å². The molecule has 9 nitrogen and oxygen atoms in total. The van der Waals surface area contributed by atoms with Crippen molar-refractivity contribution < 1.29 is 31.9 Å². The van der Waals surface area contributed by atoms with Crippen LogP contribution in [0.3, 0.4) is 0 Å². The molecule has 126 valence electrons. The standard InChI is InChI=1S/C12H14FN3O6S/c1-7(11(18)22-6-10(17)15-12(14)19)16-23(20,21)9-4-2-8(13)3-5-9/h2-5,7,16H,6H2,1H3,(H3,14,15,17,19)/t7-/m0/s1. The second-order valence-corrected chi connectivity index (χ2v) is 6.03. The third kappa shape index (κ3) is 6.00. The Morgan fingerprint density at radius 2 is 1.83 bits per heavy atom. The highest BCUT2D eigenvalue weighted by molar-refractivity contribution is 7.89. The first kappa shape index (κ1) is 18.5. The van der Waals surface area contributed by atoms with Crippen molar-refractivity contribution in [3.8, 4) is 0 Å². The molecule has 1 rings (SSSR count). The lowest BCUT2D eigenvalue weighted by Crippen LogP contribution is -2.42. The Balaban J connectivity index is 2.62. The summed E-state index contributed by atoms with van der Waals surface area (Å²) in [5, 5.41) is 1.66. The first-order valence-corrected chi connectivity index (χ1v) is 7.64. The van der Waals surface area contributed by atoms with Gasteiger partial charge in [-0.3, -0.25) is 14.9 Å². The smallest absolute Gasteiger partial charge is 0.324 e. The molecule has 0 fully saturated rings. The van der Waals surface area contributed by atoms with Gasteiger partial charge in [0.05, 0.1) is 4.90 Å². The monoisotopic (exact) mass is 347 g/mol. The number of benzene rings is 1. The summed E-state index contributed by atoms with van der Waals surface area (Å²) in [6, 6.07) is 1.52. The van der Waals surface area contributed by atoms with Gasteiger partial charge in [-0.05, 0) is 31.2 Å². The number of nitrogens with two attached hydrogens (primary N) is 1. The van der Waals surface area contributed by atoms with Gasteiger partial charge in [-0.25, -0.2) is 17.6 Å². The number of hydrogen-bond acceptors (Lipinski definition) is 6. The van der Waals surface area contributed by atoms with Gasteiger partial charge in [-0.1, -0.05) is 0 Å². The van der Waals surface area contributed by atoms with Crippen molar-refractivity contribution in [1.29, 1.82) is 0 Å².